The normalized spacial score (nSPS) is 14.1. The molecule has 0 fully saturated rings. The lowest BCUT2D eigenvalue weighted by Gasteiger charge is -2.17. The Kier molecular flexibility index (Phi) is 4.18. The predicted octanol–water partition coefficient (Wildman–Crippen LogP) is 4.89. The van der Waals surface area contributed by atoms with Crippen molar-refractivity contribution in [3.05, 3.63) is 40.7 Å². The van der Waals surface area contributed by atoms with E-state index >= 15 is 0 Å². The smallest absolute Gasteiger partial charge is 0.00152 e. The van der Waals surface area contributed by atoms with Gasteiger partial charge in [0.05, 0.1) is 0 Å². The number of allylic oxidation sites excluding steroid dienone is 1. The Balaban J connectivity index is 2.12. The minimum absolute atomic E-state index is 0.153. The summed E-state index contributed by atoms with van der Waals surface area (Å²) in [5.74, 6) is 0. The summed E-state index contributed by atoms with van der Waals surface area (Å²) in [5.41, 5.74) is 3.01. The molecule has 0 saturated carbocycles. The van der Waals surface area contributed by atoms with Crippen LogP contribution in [0.4, 0.5) is 0 Å². The molecule has 86 valence electrons. The summed E-state index contributed by atoms with van der Waals surface area (Å²) < 4.78 is 0. The van der Waals surface area contributed by atoms with Crippen LogP contribution in [-0.4, -0.2) is 12.3 Å². The Morgan fingerprint density at radius 3 is 2.38 bits per heavy atom. The van der Waals surface area contributed by atoms with Gasteiger partial charge in [0.2, 0.25) is 0 Å². The Bertz CT molecular complexity index is 373. The van der Waals surface area contributed by atoms with Crippen molar-refractivity contribution in [3.63, 3.8) is 0 Å². The SMILES string of the molecule is CCCP(CCC)C1=Cc2ccccc2C1. The first-order valence-electron chi connectivity index (χ1n) is 6.38. The van der Waals surface area contributed by atoms with Gasteiger partial charge in [-0.1, -0.05) is 65.0 Å². The summed E-state index contributed by atoms with van der Waals surface area (Å²) in [7, 11) is 0.153. The third kappa shape index (κ3) is 2.55. The molecule has 0 unspecified atom stereocenters. The van der Waals surface area contributed by atoms with E-state index < -0.39 is 0 Å². The van der Waals surface area contributed by atoms with Crippen molar-refractivity contribution in [1.82, 2.24) is 0 Å². The maximum Gasteiger partial charge on any atom is -0.00152 e. The molecule has 0 nitrogen and oxygen atoms in total. The molecule has 0 radical (unpaired) electrons. The van der Waals surface area contributed by atoms with Crippen LogP contribution in [0.1, 0.15) is 37.8 Å². The highest BCUT2D eigenvalue weighted by molar-refractivity contribution is 7.62. The Labute approximate surface area is 101 Å². The summed E-state index contributed by atoms with van der Waals surface area (Å²) in [4.78, 5) is 0. The Hall–Kier alpha value is -0.610. The second-order valence-electron chi connectivity index (χ2n) is 4.50. The quantitative estimate of drug-likeness (QED) is 0.634. The minimum Gasteiger partial charge on any atom is -0.0794 e. The molecule has 0 aromatic heterocycles. The van der Waals surface area contributed by atoms with Gasteiger partial charge in [-0.25, -0.2) is 0 Å². The van der Waals surface area contributed by atoms with Gasteiger partial charge >= 0.3 is 0 Å². The first-order chi connectivity index (χ1) is 7.85. The van der Waals surface area contributed by atoms with Crippen molar-refractivity contribution in [2.24, 2.45) is 0 Å². The topological polar surface area (TPSA) is 0 Å². The van der Waals surface area contributed by atoms with Crippen LogP contribution in [0.5, 0.6) is 0 Å². The van der Waals surface area contributed by atoms with E-state index in [4.69, 9.17) is 0 Å². The number of rotatable bonds is 5. The highest BCUT2D eigenvalue weighted by Crippen LogP contribution is 2.50. The molecule has 0 heterocycles. The number of hydrogen-bond acceptors (Lipinski definition) is 0. The standard InChI is InChI=1S/C15H21P/c1-3-9-16(10-4-2)15-11-13-7-5-6-8-14(13)12-15/h5-8,11H,3-4,9-10,12H2,1-2H3. The van der Waals surface area contributed by atoms with E-state index in [9.17, 15) is 0 Å². The maximum atomic E-state index is 2.46. The lowest BCUT2D eigenvalue weighted by Crippen LogP contribution is -1.92. The monoisotopic (exact) mass is 232 g/mol. The van der Waals surface area contributed by atoms with Crippen molar-refractivity contribution in [3.8, 4) is 0 Å². The van der Waals surface area contributed by atoms with Gasteiger partial charge < -0.3 is 0 Å². The van der Waals surface area contributed by atoms with E-state index in [1.165, 1.54) is 42.7 Å². The molecular formula is C15H21P. The molecule has 1 aromatic carbocycles. The van der Waals surface area contributed by atoms with Gasteiger partial charge in [0.25, 0.3) is 0 Å². The molecule has 0 N–H and O–H groups in total. The van der Waals surface area contributed by atoms with E-state index in [1.54, 1.807) is 5.31 Å². The van der Waals surface area contributed by atoms with E-state index in [1.807, 2.05) is 0 Å². The zero-order valence-corrected chi connectivity index (χ0v) is 11.3. The zero-order valence-electron chi connectivity index (χ0n) is 10.4. The molecule has 0 atom stereocenters. The number of fused-ring (bicyclic) bond motifs is 1. The summed E-state index contributed by atoms with van der Waals surface area (Å²) >= 11 is 0. The fourth-order valence-electron chi connectivity index (χ4n) is 2.40. The molecule has 0 amide bonds. The third-order valence-corrected chi connectivity index (χ3v) is 6.22. The van der Waals surface area contributed by atoms with Crippen LogP contribution >= 0.6 is 7.92 Å². The van der Waals surface area contributed by atoms with Gasteiger partial charge in [-0.2, -0.15) is 0 Å². The molecular weight excluding hydrogens is 211 g/mol. The van der Waals surface area contributed by atoms with Crippen LogP contribution in [0.2, 0.25) is 0 Å². The molecule has 0 aliphatic heterocycles. The minimum atomic E-state index is 0.153. The summed E-state index contributed by atoms with van der Waals surface area (Å²) in [6.45, 7) is 4.63. The molecule has 0 bridgehead atoms. The highest BCUT2D eigenvalue weighted by atomic mass is 31.1. The fraction of sp³-hybridized carbons (Fsp3) is 0.467. The lowest BCUT2D eigenvalue weighted by molar-refractivity contribution is 1.05. The van der Waals surface area contributed by atoms with Crippen LogP contribution in [0.3, 0.4) is 0 Å². The van der Waals surface area contributed by atoms with E-state index in [-0.39, 0.29) is 7.92 Å². The maximum absolute atomic E-state index is 2.46. The van der Waals surface area contributed by atoms with Crippen molar-refractivity contribution in [1.29, 1.82) is 0 Å². The highest BCUT2D eigenvalue weighted by Gasteiger charge is 2.18. The van der Waals surface area contributed by atoms with Crippen LogP contribution in [0.25, 0.3) is 6.08 Å². The molecule has 1 aliphatic carbocycles. The van der Waals surface area contributed by atoms with Crippen LogP contribution in [-0.2, 0) is 6.42 Å². The van der Waals surface area contributed by atoms with Crippen molar-refractivity contribution < 1.29 is 0 Å². The van der Waals surface area contributed by atoms with Gasteiger partial charge in [0.1, 0.15) is 0 Å². The van der Waals surface area contributed by atoms with E-state index in [2.05, 4.69) is 44.2 Å². The fourth-order valence-corrected chi connectivity index (χ4v) is 5.00. The average molecular weight is 232 g/mol. The molecule has 1 aromatic rings. The predicted molar refractivity (Wildman–Crippen MR) is 75.4 cm³/mol. The van der Waals surface area contributed by atoms with Crippen molar-refractivity contribution in [2.75, 3.05) is 12.3 Å². The molecule has 0 spiro atoms. The third-order valence-electron chi connectivity index (χ3n) is 3.14. The number of benzene rings is 1. The number of hydrogen-bond donors (Lipinski definition) is 0. The second kappa shape index (κ2) is 5.64. The summed E-state index contributed by atoms with van der Waals surface area (Å²) in [6.07, 6.45) is 9.19. The Morgan fingerprint density at radius 1 is 1.06 bits per heavy atom. The first-order valence-corrected chi connectivity index (χ1v) is 8.09. The lowest BCUT2D eigenvalue weighted by atomic mass is 10.1. The van der Waals surface area contributed by atoms with Crippen LogP contribution in [0.15, 0.2) is 29.6 Å². The van der Waals surface area contributed by atoms with Gasteiger partial charge in [-0.15, -0.1) is 0 Å². The molecule has 1 heteroatoms. The molecule has 1 aliphatic rings. The van der Waals surface area contributed by atoms with Gasteiger partial charge in [-0.05, 0) is 35.2 Å². The van der Waals surface area contributed by atoms with E-state index in [0.29, 0.717) is 0 Å². The first kappa shape index (κ1) is 11.9. The summed E-state index contributed by atoms with van der Waals surface area (Å²) in [5, 5.41) is 1.74. The summed E-state index contributed by atoms with van der Waals surface area (Å²) in [6, 6.07) is 8.86. The molecule has 16 heavy (non-hydrogen) atoms. The van der Waals surface area contributed by atoms with Crippen molar-refractivity contribution in [2.45, 2.75) is 33.1 Å². The molecule has 2 rings (SSSR count). The van der Waals surface area contributed by atoms with Gasteiger partial charge in [0, 0.05) is 0 Å². The van der Waals surface area contributed by atoms with Crippen molar-refractivity contribution >= 4 is 14.0 Å². The van der Waals surface area contributed by atoms with Crippen LogP contribution < -0.4 is 0 Å². The largest absolute Gasteiger partial charge is 0.0794 e. The van der Waals surface area contributed by atoms with E-state index in [0.717, 1.165) is 0 Å². The Morgan fingerprint density at radius 2 is 1.75 bits per heavy atom. The van der Waals surface area contributed by atoms with Crippen LogP contribution in [0, 0.1) is 0 Å². The second-order valence-corrected chi connectivity index (χ2v) is 7.05. The molecule has 0 saturated heterocycles. The van der Waals surface area contributed by atoms with Gasteiger partial charge in [0.15, 0.2) is 0 Å². The zero-order chi connectivity index (χ0) is 11.4. The van der Waals surface area contributed by atoms with Gasteiger partial charge in [-0.3, -0.25) is 0 Å². The average Bonchev–Trinajstić information content (AvgIpc) is 2.72.